The number of nitrogens with two attached hydrogens (primary N) is 1. The van der Waals surface area contributed by atoms with Gasteiger partial charge in [-0.1, -0.05) is 11.6 Å². The van der Waals surface area contributed by atoms with Gasteiger partial charge in [0.15, 0.2) is 5.78 Å². The zero-order valence-electron chi connectivity index (χ0n) is 7.41. The van der Waals surface area contributed by atoms with E-state index in [1.165, 1.54) is 0 Å². The predicted octanol–water partition coefficient (Wildman–Crippen LogP) is 1.61. The highest BCUT2D eigenvalue weighted by atomic mass is 32.2. The molecule has 68 valence electrons. The number of carbonyl (C=O) groups is 1. The van der Waals surface area contributed by atoms with E-state index in [0.717, 1.165) is 16.0 Å². The van der Waals surface area contributed by atoms with Gasteiger partial charge in [0, 0.05) is 16.2 Å². The van der Waals surface area contributed by atoms with Crippen molar-refractivity contribution in [1.29, 1.82) is 0 Å². The van der Waals surface area contributed by atoms with Gasteiger partial charge in [-0.25, -0.2) is 0 Å². The topological polar surface area (TPSA) is 43.1 Å². The van der Waals surface area contributed by atoms with E-state index in [9.17, 15) is 4.79 Å². The number of Topliss-reactive ketones (excluding diaryl/α,β-unsaturated/α-hetero) is 1. The van der Waals surface area contributed by atoms with Gasteiger partial charge in [-0.2, -0.15) is 0 Å². The smallest absolute Gasteiger partial charge is 0.181 e. The molecule has 13 heavy (non-hydrogen) atoms. The first-order valence-corrected chi connectivity index (χ1v) is 5.20. The fraction of sp³-hybridized carbons (Fsp3) is 0.300. The largest absolute Gasteiger partial charge is 0.321 e. The van der Waals surface area contributed by atoms with Gasteiger partial charge >= 0.3 is 0 Å². The first-order valence-electron chi connectivity index (χ1n) is 4.22. The summed E-state index contributed by atoms with van der Waals surface area (Å²) in [6.07, 6.45) is 0. The number of ketones is 1. The number of hydrogen-bond donors (Lipinski definition) is 1. The van der Waals surface area contributed by atoms with E-state index in [-0.39, 0.29) is 11.8 Å². The Hall–Kier alpha value is -0.800. The summed E-state index contributed by atoms with van der Waals surface area (Å²) in [6, 6.07) is 5.62. The van der Waals surface area contributed by atoms with Gasteiger partial charge < -0.3 is 5.73 Å². The van der Waals surface area contributed by atoms with Crippen LogP contribution in [0.15, 0.2) is 23.1 Å². The van der Waals surface area contributed by atoms with Crippen LogP contribution in [0.5, 0.6) is 0 Å². The molecular weight excluding hydrogens is 182 g/mol. The summed E-state index contributed by atoms with van der Waals surface area (Å²) in [5.74, 6) is 0.784. The van der Waals surface area contributed by atoms with Crippen LogP contribution in [0.25, 0.3) is 0 Å². The molecule has 1 heterocycles. The second-order valence-corrected chi connectivity index (χ2v) is 4.34. The van der Waals surface area contributed by atoms with Gasteiger partial charge in [-0.05, 0) is 19.1 Å². The molecule has 1 aromatic rings. The maximum absolute atomic E-state index is 11.6. The molecule has 0 amide bonds. The molecule has 2 nitrogen and oxygen atoms in total. The van der Waals surface area contributed by atoms with E-state index in [2.05, 4.69) is 0 Å². The molecule has 0 fully saturated rings. The SMILES string of the molecule is Cc1ccc2c(c1)C(=O)C(N)CS2. The molecule has 0 aliphatic carbocycles. The molecule has 1 aliphatic rings. The average Bonchev–Trinajstić information content (AvgIpc) is 2.12. The molecule has 3 heteroatoms. The second kappa shape index (κ2) is 3.16. The van der Waals surface area contributed by atoms with Crippen molar-refractivity contribution in [2.24, 2.45) is 5.73 Å². The second-order valence-electron chi connectivity index (χ2n) is 3.28. The van der Waals surface area contributed by atoms with Crippen molar-refractivity contribution >= 4 is 17.5 Å². The lowest BCUT2D eigenvalue weighted by atomic mass is 10.0. The van der Waals surface area contributed by atoms with Crippen molar-refractivity contribution in [3.63, 3.8) is 0 Å². The van der Waals surface area contributed by atoms with E-state index in [1.807, 2.05) is 25.1 Å². The quantitative estimate of drug-likeness (QED) is 0.680. The molecule has 0 radical (unpaired) electrons. The van der Waals surface area contributed by atoms with E-state index < -0.39 is 0 Å². The lowest BCUT2D eigenvalue weighted by molar-refractivity contribution is 0.0964. The molecule has 0 aromatic heterocycles. The van der Waals surface area contributed by atoms with Crippen molar-refractivity contribution in [1.82, 2.24) is 0 Å². The van der Waals surface area contributed by atoms with Gasteiger partial charge in [0.05, 0.1) is 6.04 Å². The number of thioether (sulfide) groups is 1. The monoisotopic (exact) mass is 193 g/mol. The van der Waals surface area contributed by atoms with Crippen molar-refractivity contribution in [3.05, 3.63) is 29.3 Å². The van der Waals surface area contributed by atoms with Crippen LogP contribution in [0.3, 0.4) is 0 Å². The molecule has 0 saturated heterocycles. The molecule has 0 saturated carbocycles. The third kappa shape index (κ3) is 1.49. The lowest BCUT2D eigenvalue weighted by Crippen LogP contribution is -2.35. The van der Waals surface area contributed by atoms with Crippen LogP contribution < -0.4 is 5.73 Å². The number of carbonyl (C=O) groups excluding carboxylic acids is 1. The Morgan fingerprint density at radius 3 is 3.08 bits per heavy atom. The summed E-state index contributed by atoms with van der Waals surface area (Å²) in [7, 11) is 0. The van der Waals surface area contributed by atoms with Crippen LogP contribution >= 0.6 is 11.8 Å². The van der Waals surface area contributed by atoms with Crippen LogP contribution in [0.1, 0.15) is 15.9 Å². The Bertz CT molecular complexity index is 362. The van der Waals surface area contributed by atoms with E-state index in [4.69, 9.17) is 5.73 Å². The summed E-state index contributed by atoms with van der Waals surface area (Å²) in [4.78, 5) is 12.7. The van der Waals surface area contributed by atoms with E-state index >= 15 is 0 Å². The van der Waals surface area contributed by atoms with Gasteiger partial charge in [-0.15, -0.1) is 11.8 Å². The third-order valence-electron chi connectivity index (χ3n) is 2.16. The van der Waals surface area contributed by atoms with E-state index in [1.54, 1.807) is 11.8 Å². The maximum Gasteiger partial charge on any atom is 0.181 e. The first-order chi connectivity index (χ1) is 6.18. The Balaban J connectivity index is 2.51. The molecular formula is C10H11NOS. The van der Waals surface area contributed by atoms with Gasteiger partial charge in [0.2, 0.25) is 0 Å². The maximum atomic E-state index is 11.6. The summed E-state index contributed by atoms with van der Waals surface area (Å²) < 4.78 is 0. The van der Waals surface area contributed by atoms with Crippen LogP contribution in [0, 0.1) is 6.92 Å². The molecule has 0 bridgehead atoms. The normalized spacial score (nSPS) is 21.4. The minimum atomic E-state index is -0.320. The van der Waals surface area contributed by atoms with Crippen LogP contribution in [0.2, 0.25) is 0 Å². The van der Waals surface area contributed by atoms with E-state index in [0.29, 0.717) is 5.75 Å². The van der Waals surface area contributed by atoms with Crippen LogP contribution in [-0.4, -0.2) is 17.6 Å². The van der Waals surface area contributed by atoms with Gasteiger partial charge in [0.1, 0.15) is 0 Å². The molecule has 1 aromatic carbocycles. The molecule has 0 spiro atoms. The Kier molecular flexibility index (Phi) is 2.14. The van der Waals surface area contributed by atoms with Gasteiger partial charge in [0.25, 0.3) is 0 Å². The summed E-state index contributed by atoms with van der Waals surface area (Å²) in [6.45, 7) is 1.98. The summed E-state index contributed by atoms with van der Waals surface area (Å²) in [5.41, 5.74) is 7.58. The Morgan fingerprint density at radius 1 is 1.54 bits per heavy atom. The van der Waals surface area contributed by atoms with Crippen LogP contribution in [-0.2, 0) is 0 Å². The predicted molar refractivity (Wildman–Crippen MR) is 54.2 cm³/mol. The Labute approximate surface area is 81.5 Å². The number of hydrogen-bond acceptors (Lipinski definition) is 3. The fourth-order valence-electron chi connectivity index (χ4n) is 1.42. The third-order valence-corrected chi connectivity index (χ3v) is 3.35. The standard InChI is InChI=1S/C10H11NOS/c1-6-2-3-9-7(4-6)10(12)8(11)5-13-9/h2-4,8H,5,11H2,1H3. The molecule has 2 rings (SSSR count). The Morgan fingerprint density at radius 2 is 2.31 bits per heavy atom. The lowest BCUT2D eigenvalue weighted by Gasteiger charge is -2.19. The number of aryl methyl sites for hydroxylation is 1. The summed E-state index contributed by atoms with van der Waals surface area (Å²) in [5, 5.41) is 0. The van der Waals surface area contributed by atoms with Crippen molar-refractivity contribution < 1.29 is 4.79 Å². The van der Waals surface area contributed by atoms with Gasteiger partial charge in [-0.3, -0.25) is 4.79 Å². The van der Waals surface area contributed by atoms with Crippen molar-refractivity contribution in [2.45, 2.75) is 17.9 Å². The van der Waals surface area contributed by atoms with Crippen molar-refractivity contribution in [3.8, 4) is 0 Å². The van der Waals surface area contributed by atoms with Crippen LogP contribution in [0.4, 0.5) is 0 Å². The number of benzene rings is 1. The molecule has 1 aliphatic heterocycles. The number of fused-ring (bicyclic) bond motifs is 1. The molecule has 1 atom stereocenters. The first kappa shape index (κ1) is 8.78. The average molecular weight is 193 g/mol. The highest BCUT2D eigenvalue weighted by molar-refractivity contribution is 7.99. The molecule has 1 unspecified atom stereocenters. The zero-order chi connectivity index (χ0) is 9.42. The minimum Gasteiger partial charge on any atom is -0.321 e. The number of rotatable bonds is 0. The molecule has 2 N–H and O–H groups in total. The van der Waals surface area contributed by atoms with Crippen molar-refractivity contribution in [2.75, 3.05) is 5.75 Å². The summed E-state index contributed by atoms with van der Waals surface area (Å²) >= 11 is 1.66. The fourth-order valence-corrected chi connectivity index (χ4v) is 2.41. The highest BCUT2D eigenvalue weighted by Crippen LogP contribution is 2.29. The minimum absolute atomic E-state index is 0.0810. The highest BCUT2D eigenvalue weighted by Gasteiger charge is 2.24. The zero-order valence-corrected chi connectivity index (χ0v) is 8.23.